The normalized spacial score (nSPS) is 18.6. The van der Waals surface area contributed by atoms with E-state index in [1.807, 2.05) is 0 Å². The lowest BCUT2D eigenvalue weighted by Gasteiger charge is -2.16. The second-order valence-corrected chi connectivity index (χ2v) is 7.68. The van der Waals surface area contributed by atoms with E-state index < -0.39 is 31.1 Å². The van der Waals surface area contributed by atoms with Crippen molar-refractivity contribution in [3.63, 3.8) is 0 Å². The van der Waals surface area contributed by atoms with Crippen molar-refractivity contribution in [1.82, 2.24) is 10.7 Å². The van der Waals surface area contributed by atoms with Gasteiger partial charge in [0, 0.05) is 12.1 Å². The standard InChI is InChI=1S/C11H13N5O6S2/c17-15(18)8-1-2-9(10(5-8)16(19)20)13-14-11(23)12-7-3-4-24(21,22)6-7/h1-2,5,7,13H,3-4,6H2,(H2,12,14,23)/t7-/m1/s1. The van der Waals surface area contributed by atoms with Crippen LogP contribution in [0.1, 0.15) is 6.42 Å². The SMILES string of the molecule is O=[N+]([O-])c1ccc(NNC(=S)N[C@@H]2CCS(=O)(=O)C2)c([N+](=O)[O-])c1. The molecule has 1 heterocycles. The molecule has 24 heavy (non-hydrogen) atoms. The van der Waals surface area contributed by atoms with Crippen LogP contribution in [0, 0.1) is 20.2 Å². The van der Waals surface area contributed by atoms with Crippen LogP contribution in [0.2, 0.25) is 0 Å². The molecule has 0 unspecified atom stereocenters. The second-order valence-electron chi connectivity index (χ2n) is 5.04. The van der Waals surface area contributed by atoms with Gasteiger partial charge in [-0.3, -0.25) is 31.1 Å². The van der Waals surface area contributed by atoms with E-state index >= 15 is 0 Å². The molecule has 0 bridgehead atoms. The van der Waals surface area contributed by atoms with Crippen LogP contribution in [-0.2, 0) is 9.84 Å². The van der Waals surface area contributed by atoms with E-state index in [0.717, 1.165) is 12.1 Å². The molecule has 0 spiro atoms. The van der Waals surface area contributed by atoms with Crippen molar-refractivity contribution in [2.75, 3.05) is 16.9 Å². The van der Waals surface area contributed by atoms with Gasteiger partial charge in [0.2, 0.25) is 0 Å². The number of nitrogens with one attached hydrogen (secondary N) is 3. The number of rotatable bonds is 5. The number of nitro groups is 2. The summed E-state index contributed by atoms with van der Waals surface area (Å²) in [6.45, 7) is 0. The second kappa shape index (κ2) is 6.92. The molecule has 3 N–H and O–H groups in total. The molecular formula is C11H13N5O6S2. The summed E-state index contributed by atoms with van der Waals surface area (Å²) in [4.78, 5) is 20.2. The summed E-state index contributed by atoms with van der Waals surface area (Å²) in [5.74, 6) is 0.0427. The Bertz CT molecular complexity index is 796. The minimum atomic E-state index is -3.06. The largest absolute Gasteiger partial charge is 0.358 e. The fourth-order valence-electron chi connectivity index (χ4n) is 2.14. The van der Waals surface area contributed by atoms with Gasteiger partial charge >= 0.3 is 5.69 Å². The maximum atomic E-state index is 11.4. The monoisotopic (exact) mass is 375 g/mol. The summed E-state index contributed by atoms with van der Waals surface area (Å²) in [5.41, 5.74) is 4.06. The van der Waals surface area contributed by atoms with E-state index in [4.69, 9.17) is 12.2 Å². The molecule has 0 amide bonds. The number of non-ortho nitro benzene ring substituents is 1. The Morgan fingerprint density at radius 1 is 1.25 bits per heavy atom. The number of hydrogen-bond donors (Lipinski definition) is 3. The van der Waals surface area contributed by atoms with Crippen LogP contribution in [0.25, 0.3) is 0 Å². The van der Waals surface area contributed by atoms with Crippen LogP contribution in [0.4, 0.5) is 17.1 Å². The summed E-state index contributed by atoms with van der Waals surface area (Å²) in [6.07, 6.45) is 0.418. The van der Waals surface area contributed by atoms with Crippen LogP contribution in [0.5, 0.6) is 0 Å². The topological polar surface area (TPSA) is 157 Å². The highest BCUT2D eigenvalue weighted by molar-refractivity contribution is 7.91. The highest BCUT2D eigenvalue weighted by Crippen LogP contribution is 2.28. The number of anilines is 1. The van der Waals surface area contributed by atoms with Crippen LogP contribution >= 0.6 is 12.2 Å². The highest BCUT2D eigenvalue weighted by Gasteiger charge is 2.28. The molecule has 1 aliphatic heterocycles. The summed E-state index contributed by atoms with van der Waals surface area (Å²) in [6, 6.07) is 2.77. The fraction of sp³-hybridized carbons (Fsp3) is 0.364. The maximum Gasteiger partial charge on any atom is 0.300 e. The third kappa shape index (κ3) is 4.48. The lowest BCUT2D eigenvalue weighted by atomic mass is 10.2. The van der Waals surface area contributed by atoms with Crippen LogP contribution in [0.3, 0.4) is 0 Å². The first-order valence-corrected chi connectivity index (χ1v) is 8.87. The van der Waals surface area contributed by atoms with Gasteiger partial charge in [0.05, 0.1) is 27.4 Å². The van der Waals surface area contributed by atoms with E-state index in [-0.39, 0.29) is 28.3 Å². The molecular weight excluding hydrogens is 362 g/mol. The predicted molar refractivity (Wildman–Crippen MR) is 89.3 cm³/mol. The average Bonchev–Trinajstić information content (AvgIpc) is 2.83. The fourth-order valence-corrected chi connectivity index (χ4v) is 4.04. The summed E-state index contributed by atoms with van der Waals surface area (Å²) in [5, 5.41) is 24.5. The molecule has 130 valence electrons. The smallest absolute Gasteiger partial charge is 0.300 e. The van der Waals surface area contributed by atoms with Gasteiger partial charge in [-0.2, -0.15) is 0 Å². The van der Waals surface area contributed by atoms with Gasteiger partial charge in [0.1, 0.15) is 5.69 Å². The molecule has 0 aliphatic carbocycles. The summed E-state index contributed by atoms with van der Waals surface area (Å²) < 4.78 is 22.7. The third-order valence-corrected chi connectivity index (χ3v) is 5.26. The molecule has 2 rings (SSSR count). The Labute approximate surface area is 141 Å². The van der Waals surface area contributed by atoms with Crippen molar-refractivity contribution < 1.29 is 18.3 Å². The molecule has 13 heteroatoms. The summed E-state index contributed by atoms with van der Waals surface area (Å²) in [7, 11) is -3.06. The zero-order chi connectivity index (χ0) is 17.9. The molecule has 1 aliphatic rings. The van der Waals surface area contributed by atoms with E-state index in [0.29, 0.717) is 6.42 Å². The first-order chi connectivity index (χ1) is 11.2. The number of benzene rings is 1. The maximum absolute atomic E-state index is 11.4. The molecule has 1 saturated heterocycles. The zero-order valence-electron chi connectivity index (χ0n) is 12.1. The molecule has 1 aromatic rings. The number of nitrogens with zero attached hydrogens (tertiary/aromatic N) is 2. The van der Waals surface area contributed by atoms with Crippen molar-refractivity contribution in [1.29, 1.82) is 0 Å². The van der Waals surface area contributed by atoms with Gasteiger partial charge in [-0.25, -0.2) is 8.42 Å². The van der Waals surface area contributed by atoms with Crippen molar-refractivity contribution in [3.05, 3.63) is 38.4 Å². The lowest BCUT2D eigenvalue weighted by Crippen LogP contribution is -2.44. The predicted octanol–water partition coefficient (Wildman–Crippen LogP) is 0.481. The molecule has 1 aromatic carbocycles. The number of nitro benzene ring substituents is 2. The van der Waals surface area contributed by atoms with Gasteiger partial charge in [0.25, 0.3) is 5.69 Å². The van der Waals surface area contributed by atoms with E-state index in [9.17, 15) is 28.6 Å². The molecule has 1 fully saturated rings. The zero-order valence-corrected chi connectivity index (χ0v) is 13.7. The minimum absolute atomic E-state index is 0.0196. The van der Waals surface area contributed by atoms with E-state index in [1.165, 1.54) is 6.07 Å². The Kier molecular flexibility index (Phi) is 5.14. The molecule has 0 aromatic heterocycles. The van der Waals surface area contributed by atoms with Crippen molar-refractivity contribution in [2.24, 2.45) is 0 Å². The Hall–Kier alpha value is -2.54. The van der Waals surface area contributed by atoms with Crippen molar-refractivity contribution in [3.8, 4) is 0 Å². The van der Waals surface area contributed by atoms with Gasteiger partial charge in [-0.05, 0) is 24.7 Å². The average molecular weight is 375 g/mol. The molecule has 0 saturated carbocycles. The molecule has 1 atom stereocenters. The van der Waals surface area contributed by atoms with Gasteiger partial charge in [-0.15, -0.1) is 0 Å². The van der Waals surface area contributed by atoms with E-state index in [2.05, 4.69) is 16.2 Å². The molecule has 11 nitrogen and oxygen atoms in total. The number of hydrogen-bond acceptors (Lipinski definition) is 8. The van der Waals surface area contributed by atoms with Crippen LogP contribution < -0.4 is 16.2 Å². The van der Waals surface area contributed by atoms with Gasteiger partial charge in [-0.1, -0.05) is 0 Å². The van der Waals surface area contributed by atoms with Crippen molar-refractivity contribution >= 4 is 44.2 Å². The van der Waals surface area contributed by atoms with Gasteiger partial charge < -0.3 is 5.32 Å². The van der Waals surface area contributed by atoms with Crippen LogP contribution in [0.15, 0.2) is 18.2 Å². The lowest BCUT2D eigenvalue weighted by molar-refractivity contribution is -0.393. The minimum Gasteiger partial charge on any atom is -0.358 e. The Balaban J connectivity index is 1.99. The quantitative estimate of drug-likeness (QED) is 0.375. The summed E-state index contributed by atoms with van der Waals surface area (Å²) >= 11 is 4.98. The Morgan fingerprint density at radius 3 is 2.50 bits per heavy atom. The van der Waals surface area contributed by atoms with Gasteiger partial charge in [0.15, 0.2) is 14.9 Å². The Morgan fingerprint density at radius 2 is 1.96 bits per heavy atom. The van der Waals surface area contributed by atoms with E-state index in [1.54, 1.807) is 0 Å². The van der Waals surface area contributed by atoms with Crippen LogP contribution in [-0.4, -0.2) is 40.9 Å². The first-order valence-electron chi connectivity index (χ1n) is 6.64. The number of hydrazine groups is 1. The molecule has 0 radical (unpaired) electrons. The number of thiocarbonyl (C=S) groups is 1. The number of sulfone groups is 1. The third-order valence-electron chi connectivity index (χ3n) is 3.27. The van der Waals surface area contributed by atoms with Crippen molar-refractivity contribution in [2.45, 2.75) is 12.5 Å². The highest BCUT2D eigenvalue weighted by atomic mass is 32.2. The first kappa shape index (κ1) is 17.8.